The molecule has 0 aromatic heterocycles. The van der Waals surface area contributed by atoms with Crippen LogP contribution in [0.4, 0.5) is 8.78 Å². The summed E-state index contributed by atoms with van der Waals surface area (Å²) in [5, 5.41) is 0. The van der Waals surface area contributed by atoms with Crippen molar-refractivity contribution in [3.8, 4) is 0 Å². The minimum absolute atomic E-state index is 0.232. The molecule has 2 nitrogen and oxygen atoms in total. The summed E-state index contributed by atoms with van der Waals surface area (Å²) in [6.45, 7) is 6.73. The van der Waals surface area contributed by atoms with E-state index in [1.165, 1.54) is 13.0 Å². The summed E-state index contributed by atoms with van der Waals surface area (Å²) < 4.78 is 27.3. The number of rotatable bonds is 2. The quantitative estimate of drug-likeness (QED) is 0.809. The molecular formula is C13H17F2NO. The monoisotopic (exact) mass is 241 g/mol. The van der Waals surface area contributed by atoms with Crippen LogP contribution in [-0.2, 0) is 0 Å². The molecule has 1 aromatic carbocycles. The standard InChI is InChI=1S/C13H17F2NO/c1-7-5-6-8(14)9(10(7)15)11(17)12(16)13(2,3)4/h5-6,12H,16H2,1-4H3. The molecule has 0 bridgehead atoms. The summed E-state index contributed by atoms with van der Waals surface area (Å²) in [5.74, 6) is -2.39. The van der Waals surface area contributed by atoms with Gasteiger partial charge in [-0.15, -0.1) is 0 Å². The molecule has 0 amide bonds. The largest absolute Gasteiger partial charge is 0.321 e. The van der Waals surface area contributed by atoms with Crippen molar-refractivity contribution < 1.29 is 13.6 Å². The van der Waals surface area contributed by atoms with E-state index in [9.17, 15) is 13.6 Å². The van der Waals surface area contributed by atoms with Crippen molar-refractivity contribution in [2.45, 2.75) is 33.7 Å². The van der Waals surface area contributed by atoms with Crippen molar-refractivity contribution in [1.82, 2.24) is 0 Å². The Labute approximate surface area is 99.8 Å². The zero-order valence-electron chi connectivity index (χ0n) is 10.5. The number of benzene rings is 1. The fourth-order valence-corrected chi connectivity index (χ4v) is 1.43. The van der Waals surface area contributed by atoms with E-state index in [0.29, 0.717) is 0 Å². The highest BCUT2D eigenvalue weighted by molar-refractivity contribution is 6.01. The van der Waals surface area contributed by atoms with Gasteiger partial charge >= 0.3 is 0 Å². The van der Waals surface area contributed by atoms with Crippen LogP contribution in [0.2, 0.25) is 0 Å². The molecule has 0 spiro atoms. The number of carbonyl (C=O) groups excluding carboxylic acids is 1. The predicted octanol–water partition coefficient (Wildman–Crippen LogP) is 2.83. The maximum Gasteiger partial charge on any atom is 0.185 e. The van der Waals surface area contributed by atoms with Crippen molar-refractivity contribution in [2.75, 3.05) is 0 Å². The van der Waals surface area contributed by atoms with Gasteiger partial charge < -0.3 is 5.73 Å². The number of aryl methyl sites for hydroxylation is 1. The number of carbonyl (C=O) groups is 1. The van der Waals surface area contributed by atoms with Crippen molar-refractivity contribution >= 4 is 5.78 Å². The van der Waals surface area contributed by atoms with Crippen molar-refractivity contribution in [2.24, 2.45) is 11.1 Å². The summed E-state index contributed by atoms with van der Waals surface area (Å²) in [6.07, 6.45) is 0. The molecular weight excluding hydrogens is 224 g/mol. The zero-order valence-corrected chi connectivity index (χ0v) is 10.5. The lowest BCUT2D eigenvalue weighted by molar-refractivity contribution is 0.0892. The van der Waals surface area contributed by atoms with E-state index in [1.807, 2.05) is 0 Å². The van der Waals surface area contributed by atoms with Gasteiger partial charge in [-0.25, -0.2) is 8.78 Å². The summed E-state index contributed by atoms with van der Waals surface area (Å²) >= 11 is 0. The Morgan fingerprint density at radius 3 is 2.29 bits per heavy atom. The van der Waals surface area contributed by atoms with Gasteiger partial charge in [-0.3, -0.25) is 4.79 Å². The van der Waals surface area contributed by atoms with E-state index in [0.717, 1.165) is 6.07 Å². The third-order valence-electron chi connectivity index (χ3n) is 2.75. The van der Waals surface area contributed by atoms with E-state index < -0.39 is 34.4 Å². The molecule has 0 fully saturated rings. The molecule has 1 atom stereocenters. The first-order valence-corrected chi connectivity index (χ1v) is 5.40. The molecule has 0 radical (unpaired) electrons. The van der Waals surface area contributed by atoms with Gasteiger partial charge in [0.25, 0.3) is 0 Å². The molecule has 4 heteroatoms. The SMILES string of the molecule is Cc1ccc(F)c(C(=O)C(N)C(C)(C)C)c1F. The fraction of sp³-hybridized carbons (Fsp3) is 0.462. The van der Waals surface area contributed by atoms with Crippen LogP contribution in [-0.4, -0.2) is 11.8 Å². The minimum atomic E-state index is -0.937. The van der Waals surface area contributed by atoms with Crippen LogP contribution in [0.3, 0.4) is 0 Å². The van der Waals surface area contributed by atoms with Gasteiger partial charge in [0.15, 0.2) is 5.78 Å². The molecule has 1 unspecified atom stereocenters. The van der Waals surface area contributed by atoms with Gasteiger partial charge in [-0.2, -0.15) is 0 Å². The average molecular weight is 241 g/mol. The van der Waals surface area contributed by atoms with Gasteiger partial charge in [0.1, 0.15) is 11.6 Å². The average Bonchev–Trinajstić information content (AvgIpc) is 2.21. The van der Waals surface area contributed by atoms with Crippen LogP contribution >= 0.6 is 0 Å². The van der Waals surface area contributed by atoms with E-state index >= 15 is 0 Å². The van der Waals surface area contributed by atoms with Crippen LogP contribution in [0.1, 0.15) is 36.7 Å². The Morgan fingerprint density at radius 2 is 1.82 bits per heavy atom. The number of hydrogen-bond donors (Lipinski definition) is 1. The Kier molecular flexibility index (Phi) is 3.67. The second kappa shape index (κ2) is 4.53. The van der Waals surface area contributed by atoms with E-state index in [1.54, 1.807) is 20.8 Å². The number of nitrogens with two attached hydrogens (primary N) is 1. The summed E-state index contributed by atoms with van der Waals surface area (Å²) in [5.41, 5.74) is 4.89. The van der Waals surface area contributed by atoms with Crippen LogP contribution in [0.15, 0.2) is 12.1 Å². The van der Waals surface area contributed by atoms with Crippen LogP contribution < -0.4 is 5.73 Å². The predicted molar refractivity (Wildman–Crippen MR) is 62.9 cm³/mol. The Morgan fingerprint density at radius 1 is 1.29 bits per heavy atom. The van der Waals surface area contributed by atoms with Gasteiger partial charge in [0, 0.05) is 0 Å². The lowest BCUT2D eigenvalue weighted by atomic mass is 9.82. The van der Waals surface area contributed by atoms with E-state index in [2.05, 4.69) is 0 Å². The molecule has 1 rings (SSSR count). The van der Waals surface area contributed by atoms with E-state index in [-0.39, 0.29) is 5.56 Å². The Hall–Kier alpha value is -1.29. The van der Waals surface area contributed by atoms with Crippen molar-refractivity contribution in [1.29, 1.82) is 0 Å². The highest BCUT2D eigenvalue weighted by atomic mass is 19.1. The third kappa shape index (κ3) is 2.69. The number of halogens is 2. The lowest BCUT2D eigenvalue weighted by Crippen LogP contribution is -2.43. The summed E-state index contributed by atoms with van der Waals surface area (Å²) in [4.78, 5) is 12.0. The molecule has 0 aliphatic rings. The second-order valence-corrected chi connectivity index (χ2v) is 5.26. The Balaban J connectivity index is 3.26. The number of ketones is 1. The van der Waals surface area contributed by atoms with Gasteiger partial charge in [-0.1, -0.05) is 26.8 Å². The maximum absolute atomic E-state index is 13.7. The number of hydrogen-bond acceptors (Lipinski definition) is 2. The highest BCUT2D eigenvalue weighted by Gasteiger charge is 2.32. The third-order valence-corrected chi connectivity index (χ3v) is 2.75. The lowest BCUT2D eigenvalue weighted by Gasteiger charge is -2.26. The topological polar surface area (TPSA) is 43.1 Å². The molecule has 2 N–H and O–H groups in total. The van der Waals surface area contributed by atoms with E-state index in [4.69, 9.17) is 5.73 Å². The zero-order chi connectivity index (χ0) is 13.4. The molecule has 0 heterocycles. The Bertz CT molecular complexity index is 449. The van der Waals surface area contributed by atoms with Crippen molar-refractivity contribution in [3.05, 3.63) is 34.9 Å². The molecule has 0 saturated carbocycles. The summed E-state index contributed by atoms with van der Waals surface area (Å²) in [6, 6.07) is 1.44. The molecule has 17 heavy (non-hydrogen) atoms. The first-order valence-electron chi connectivity index (χ1n) is 5.40. The molecule has 0 aliphatic carbocycles. The first-order chi connectivity index (χ1) is 7.66. The van der Waals surface area contributed by atoms with Crippen LogP contribution in [0, 0.1) is 24.0 Å². The molecule has 0 aliphatic heterocycles. The van der Waals surface area contributed by atoms with Gasteiger partial charge in [-0.05, 0) is 24.0 Å². The van der Waals surface area contributed by atoms with Crippen LogP contribution in [0.25, 0.3) is 0 Å². The second-order valence-electron chi connectivity index (χ2n) is 5.26. The van der Waals surface area contributed by atoms with Gasteiger partial charge in [0.05, 0.1) is 11.6 Å². The number of Topliss-reactive ketones (excluding diaryl/α,β-unsaturated/α-hetero) is 1. The normalized spacial score (nSPS) is 13.6. The minimum Gasteiger partial charge on any atom is -0.321 e. The van der Waals surface area contributed by atoms with Gasteiger partial charge in [0.2, 0.25) is 0 Å². The fourth-order valence-electron chi connectivity index (χ4n) is 1.43. The molecule has 0 saturated heterocycles. The molecule has 94 valence electrons. The van der Waals surface area contributed by atoms with Crippen molar-refractivity contribution in [3.63, 3.8) is 0 Å². The van der Waals surface area contributed by atoms with Crippen LogP contribution in [0.5, 0.6) is 0 Å². The molecule has 1 aromatic rings. The highest BCUT2D eigenvalue weighted by Crippen LogP contribution is 2.24. The maximum atomic E-state index is 13.7. The smallest absolute Gasteiger partial charge is 0.185 e. The summed E-state index contributed by atoms with van der Waals surface area (Å²) in [7, 11) is 0. The first kappa shape index (κ1) is 13.8.